The lowest BCUT2D eigenvalue weighted by Crippen LogP contribution is -2.41. The number of carbonyl (C=O) groups excluding carboxylic acids is 1. The van der Waals surface area contributed by atoms with Gasteiger partial charge in [-0.3, -0.25) is 9.79 Å². The molecule has 1 aromatic carbocycles. The Labute approximate surface area is 167 Å². The molecule has 1 aromatic rings. The number of aliphatic imine (C=N–C) groups is 1. The van der Waals surface area contributed by atoms with E-state index in [0.29, 0.717) is 29.6 Å². The van der Waals surface area contributed by atoms with Crippen LogP contribution in [0.1, 0.15) is 37.0 Å². The molecule has 0 unspecified atom stereocenters. The van der Waals surface area contributed by atoms with E-state index in [1.54, 1.807) is 31.3 Å². The minimum atomic E-state index is -0.169. The maximum absolute atomic E-state index is 12.0. The predicted octanol–water partition coefficient (Wildman–Crippen LogP) is 3.29. The normalized spacial score (nSPS) is 11.0. The van der Waals surface area contributed by atoms with Crippen molar-refractivity contribution in [3.63, 3.8) is 0 Å². The van der Waals surface area contributed by atoms with Gasteiger partial charge >= 0.3 is 0 Å². The lowest BCUT2D eigenvalue weighted by atomic mass is 10.1. The molecule has 0 aromatic heterocycles. The molecule has 0 fully saturated rings. The molecule has 0 saturated heterocycles. The van der Waals surface area contributed by atoms with Gasteiger partial charge in [0.15, 0.2) is 5.96 Å². The number of amides is 1. The minimum Gasteiger partial charge on any atom is -0.356 e. The van der Waals surface area contributed by atoms with Crippen LogP contribution in [0.25, 0.3) is 0 Å². The molecule has 0 aliphatic carbocycles. The Hall–Kier alpha value is -1.02. The summed E-state index contributed by atoms with van der Waals surface area (Å²) in [5, 5.41) is 9.72. The van der Waals surface area contributed by atoms with E-state index in [2.05, 4.69) is 34.8 Å². The van der Waals surface area contributed by atoms with Crippen LogP contribution >= 0.6 is 35.6 Å². The zero-order valence-electron chi connectivity index (χ0n) is 14.6. The number of guanidine groups is 1. The minimum absolute atomic E-state index is 0. The highest BCUT2D eigenvalue weighted by Crippen LogP contribution is 2.14. The molecule has 0 radical (unpaired) electrons. The predicted molar refractivity (Wildman–Crippen MR) is 113 cm³/mol. The van der Waals surface area contributed by atoms with Crippen molar-refractivity contribution in [1.29, 1.82) is 0 Å². The third-order valence-corrected chi connectivity index (χ3v) is 3.63. The molecule has 1 amide bonds. The van der Waals surface area contributed by atoms with Crippen molar-refractivity contribution < 1.29 is 4.79 Å². The average molecular weight is 467 g/mol. The zero-order valence-corrected chi connectivity index (χ0v) is 17.7. The van der Waals surface area contributed by atoms with Gasteiger partial charge in [0.05, 0.1) is 10.6 Å². The van der Waals surface area contributed by atoms with E-state index in [1.807, 2.05) is 0 Å². The Kier molecular flexibility index (Phi) is 12.7. The van der Waals surface area contributed by atoms with Gasteiger partial charge in [0.1, 0.15) is 0 Å². The molecule has 0 bridgehead atoms. The number of halogens is 2. The maximum Gasteiger partial charge on any atom is 0.252 e. The largest absolute Gasteiger partial charge is 0.356 e. The van der Waals surface area contributed by atoms with Crippen molar-refractivity contribution in [2.24, 2.45) is 10.9 Å². The van der Waals surface area contributed by atoms with Gasteiger partial charge in [-0.25, -0.2) is 0 Å². The monoisotopic (exact) mass is 466 g/mol. The molecule has 3 N–H and O–H groups in total. The summed E-state index contributed by atoms with van der Waals surface area (Å²) >= 11 is 5.99. The second-order valence-corrected chi connectivity index (χ2v) is 6.10. The van der Waals surface area contributed by atoms with Gasteiger partial charge in [0, 0.05) is 26.7 Å². The molecule has 7 heteroatoms. The summed E-state index contributed by atoms with van der Waals surface area (Å²) in [6.45, 7) is 6.42. The van der Waals surface area contributed by atoms with Crippen molar-refractivity contribution in [2.45, 2.75) is 26.7 Å². The molecule has 1 rings (SSSR count). The van der Waals surface area contributed by atoms with Gasteiger partial charge in [-0.1, -0.05) is 37.6 Å². The Morgan fingerprint density at radius 2 is 1.75 bits per heavy atom. The third-order valence-electron chi connectivity index (χ3n) is 3.30. The van der Waals surface area contributed by atoms with E-state index >= 15 is 0 Å². The highest BCUT2D eigenvalue weighted by molar-refractivity contribution is 14.0. The van der Waals surface area contributed by atoms with Crippen LogP contribution in [-0.4, -0.2) is 38.5 Å². The molecule has 24 heavy (non-hydrogen) atoms. The first-order chi connectivity index (χ1) is 11.0. The van der Waals surface area contributed by atoms with E-state index in [9.17, 15) is 4.79 Å². The van der Waals surface area contributed by atoms with Crippen LogP contribution in [0.3, 0.4) is 0 Å². The molecule has 0 spiro atoms. The van der Waals surface area contributed by atoms with Crippen LogP contribution in [0.5, 0.6) is 0 Å². The third kappa shape index (κ3) is 9.32. The first-order valence-electron chi connectivity index (χ1n) is 8.01. The van der Waals surface area contributed by atoms with Crippen molar-refractivity contribution in [1.82, 2.24) is 16.0 Å². The average Bonchev–Trinajstić information content (AvgIpc) is 2.53. The number of hydrogen-bond donors (Lipinski definition) is 3. The van der Waals surface area contributed by atoms with E-state index in [1.165, 1.54) is 6.42 Å². The number of hydrogen-bond acceptors (Lipinski definition) is 2. The highest BCUT2D eigenvalue weighted by Gasteiger charge is 2.08. The molecule has 0 heterocycles. The van der Waals surface area contributed by atoms with Crippen LogP contribution in [0, 0.1) is 5.92 Å². The Morgan fingerprint density at radius 3 is 2.38 bits per heavy atom. The van der Waals surface area contributed by atoms with Crippen LogP contribution < -0.4 is 16.0 Å². The summed E-state index contributed by atoms with van der Waals surface area (Å²) in [4.78, 5) is 16.1. The molecule has 0 atom stereocenters. The van der Waals surface area contributed by atoms with Crippen LogP contribution in [0.4, 0.5) is 0 Å². The Balaban J connectivity index is 0.00000529. The lowest BCUT2D eigenvalue weighted by molar-refractivity contribution is 0.0954. The Bertz CT molecular complexity index is 523. The molecule has 0 saturated carbocycles. The highest BCUT2D eigenvalue weighted by atomic mass is 127. The summed E-state index contributed by atoms with van der Waals surface area (Å²) in [5.41, 5.74) is 0.491. The summed E-state index contributed by atoms with van der Waals surface area (Å²) in [7, 11) is 1.74. The van der Waals surface area contributed by atoms with Gasteiger partial charge in [0.2, 0.25) is 0 Å². The summed E-state index contributed by atoms with van der Waals surface area (Å²) in [6, 6.07) is 7.01. The molecule has 0 aliphatic rings. The Morgan fingerprint density at radius 1 is 1.12 bits per heavy atom. The SMILES string of the molecule is CN=C(NCCCC(C)C)NCCNC(=O)c1ccccc1Cl.I. The van der Waals surface area contributed by atoms with Crippen LogP contribution in [0.15, 0.2) is 29.3 Å². The number of nitrogens with zero attached hydrogens (tertiary/aromatic N) is 1. The van der Waals surface area contributed by atoms with Crippen LogP contribution in [-0.2, 0) is 0 Å². The summed E-state index contributed by atoms with van der Waals surface area (Å²) in [5.74, 6) is 1.30. The quantitative estimate of drug-likeness (QED) is 0.238. The number of rotatable bonds is 8. The second-order valence-electron chi connectivity index (χ2n) is 5.70. The maximum atomic E-state index is 12.0. The summed E-state index contributed by atoms with van der Waals surface area (Å²) < 4.78 is 0. The van der Waals surface area contributed by atoms with Crippen molar-refractivity contribution in [2.75, 3.05) is 26.7 Å². The molecular formula is C17H28ClIN4O. The van der Waals surface area contributed by atoms with Crippen molar-refractivity contribution >= 4 is 47.4 Å². The fourth-order valence-corrected chi connectivity index (χ4v) is 2.26. The van der Waals surface area contributed by atoms with Gasteiger partial charge in [-0.05, 0) is 30.9 Å². The molecular weight excluding hydrogens is 439 g/mol. The first kappa shape index (κ1) is 23.0. The smallest absolute Gasteiger partial charge is 0.252 e. The molecule has 0 aliphatic heterocycles. The lowest BCUT2D eigenvalue weighted by Gasteiger charge is -2.13. The fourth-order valence-electron chi connectivity index (χ4n) is 2.04. The van der Waals surface area contributed by atoms with Gasteiger partial charge < -0.3 is 16.0 Å². The van der Waals surface area contributed by atoms with Crippen molar-refractivity contribution in [3.8, 4) is 0 Å². The number of nitrogens with one attached hydrogen (secondary N) is 3. The van der Waals surface area contributed by atoms with Gasteiger partial charge in [-0.15, -0.1) is 24.0 Å². The number of carbonyl (C=O) groups is 1. The fraction of sp³-hybridized carbons (Fsp3) is 0.529. The zero-order chi connectivity index (χ0) is 17.1. The molecule has 136 valence electrons. The topological polar surface area (TPSA) is 65.5 Å². The van der Waals surface area contributed by atoms with Gasteiger partial charge in [-0.2, -0.15) is 0 Å². The van der Waals surface area contributed by atoms with Crippen LogP contribution in [0.2, 0.25) is 5.02 Å². The van der Waals surface area contributed by atoms with E-state index in [-0.39, 0.29) is 29.9 Å². The molecule has 5 nitrogen and oxygen atoms in total. The second kappa shape index (κ2) is 13.3. The summed E-state index contributed by atoms with van der Waals surface area (Å²) in [6.07, 6.45) is 2.31. The van der Waals surface area contributed by atoms with E-state index in [4.69, 9.17) is 11.6 Å². The van der Waals surface area contributed by atoms with E-state index < -0.39 is 0 Å². The number of benzene rings is 1. The first-order valence-corrected chi connectivity index (χ1v) is 8.39. The van der Waals surface area contributed by atoms with E-state index in [0.717, 1.165) is 18.9 Å². The standard InChI is InChI=1S/C17H27ClN4O.HI/c1-13(2)7-6-10-21-17(19-3)22-12-11-20-16(23)14-8-4-5-9-15(14)18;/h4-5,8-9,13H,6-7,10-12H2,1-3H3,(H,20,23)(H2,19,21,22);1H. The van der Waals surface area contributed by atoms with Crippen molar-refractivity contribution in [3.05, 3.63) is 34.9 Å². The van der Waals surface area contributed by atoms with Gasteiger partial charge in [0.25, 0.3) is 5.91 Å².